The monoisotopic (exact) mass is 742 g/mol. The van der Waals surface area contributed by atoms with E-state index in [2.05, 4.69) is 158 Å². The Morgan fingerprint density at radius 3 is 1.05 bits per heavy atom. The molecule has 0 fully saturated rings. The molecule has 0 heterocycles. The number of hydrogen-bond donors (Lipinski definition) is 2. The predicted octanol–water partition coefficient (Wildman–Crippen LogP) is 11.5. The molecule has 0 saturated heterocycles. The van der Waals surface area contributed by atoms with Crippen LogP contribution >= 0.6 is 0 Å². The summed E-state index contributed by atoms with van der Waals surface area (Å²) >= 11 is 0. The van der Waals surface area contributed by atoms with Gasteiger partial charge in [0.05, 0.1) is 18.6 Å². The number of ether oxygens (including phenoxy) is 2. The maximum absolute atomic E-state index is 9.81. The third-order valence-electron chi connectivity index (χ3n) is 11.0. The van der Waals surface area contributed by atoms with Crippen molar-refractivity contribution in [3.8, 4) is 67.1 Å². The number of benzene rings is 8. The molecule has 4 heteroatoms. The molecule has 1 aliphatic rings. The zero-order chi connectivity index (χ0) is 38.6. The van der Waals surface area contributed by atoms with Crippen molar-refractivity contribution in [1.29, 1.82) is 0 Å². The fraction of sp³-hybridized carbons (Fsp3) is 0.0943. The van der Waals surface area contributed by atoms with Gasteiger partial charge in [0.1, 0.15) is 24.7 Å². The van der Waals surface area contributed by atoms with Crippen LogP contribution in [0.25, 0.3) is 55.6 Å². The molecule has 4 nitrogen and oxygen atoms in total. The van der Waals surface area contributed by atoms with Gasteiger partial charge in [0.15, 0.2) is 0 Å². The summed E-state index contributed by atoms with van der Waals surface area (Å²) in [6.45, 7) is 0.204. The van der Waals surface area contributed by atoms with Gasteiger partial charge in [-0.05, 0) is 91.0 Å². The summed E-state index contributed by atoms with van der Waals surface area (Å²) in [6, 6.07) is 68.6. The van der Waals surface area contributed by atoms with Gasteiger partial charge in [-0.15, -0.1) is 0 Å². The lowest BCUT2D eigenvalue weighted by Crippen LogP contribution is -2.29. The molecule has 0 atom stereocenters. The molecule has 278 valence electrons. The third kappa shape index (κ3) is 6.39. The van der Waals surface area contributed by atoms with Crippen molar-refractivity contribution in [2.24, 2.45) is 0 Å². The lowest BCUT2D eigenvalue weighted by atomic mass is 9.66. The second kappa shape index (κ2) is 15.8. The minimum absolute atomic E-state index is 0.0852. The lowest BCUT2D eigenvalue weighted by molar-refractivity contribution is 0.202. The van der Waals surface area contributed by atoms with Gasteiger partial charge in [0, 0.05) is 11.1 Å². The van der Waals surface area contributed by atoms with Gasteiger partial charge in [-0.2, -0.15) is 0 Å². The molecule has 2 N–H and O–H groups in total. The maximum Gasteiger partial charge on any atom is 0.127 e. The summed E-state index contributed by atoms with van der Waals surface area (Å²) in [7, 11) is 0. The number of rotatable bonds is 12. The SMILES string of the molecule is OCCOc1ccc(C2(c3ccc(OCCO)c(-c4ccccc4)c3)c3cccc(-c4ccccc4)c3-c3c(-c4ccccc4)cccc32)cc1-c1ccccc1. The fourth-order valence-electron chi connectivity index (χ4n) is 8.69. The van der Waals surface area contributed by atoms with Crippen LogP contribution in [0.1, 0.15) is 22.3 Å². The van der Waals surface area contributed by atoms with Gasteiger partial charge < -0.3 is 19.7 Å². The van der Waals surface area contributed by atoms with Crippen molar-refractivity contribution < 1.29 is 19.7 Å². The van der Waals surface area contributed by atoms with Crippen molar-refractivity contribution in [3.05, 3.63) is 216 Å². The number of hydrogen-bond acceptors (Lipinski definition) is 4. The zero-order valence-corrected chi connectivity index (χ0v) is 31.5. The first kappa shape index (κ1) is 35.9. The maximum atomic E-state index is 9.81. The van der Waals surface area contributed by atoms with Crippen molar-refractivity contribution in [1.82, 2.24) is 0 Å². The van der Waals surface area contributed by atoms with Crippen LogP contribution in [-0.2, 0) is 5.41 Å². The van der Waals surface area contributed by atoms with Crippen molar-refractivity contribution in [3.63, 3.8) is 0 Å². The van der Waals surface area contributed by atoms with Crippen LogP contribution in [-0.4, -0.2) is 36.6 Å². The molecule has 0 aromatic heterocycles. The first-order valence-corrected chi connectivity index (χ1v) is 19.5. The van der Waals surface area contributed by atoms with Crippen molar-refractivity contribution >= 4 is 0 Å². The Bertz CT molecular complexity index is 2450. The molecular formula is C53H42O4. The molecule has 9 rings (SSSR count). The quantitative estimate of drug-likeness (QED) is 0.131. The number of fused-ring (bicyclic) bond motifs is 3. The first-order chi connectivity index (χ1) is 28.2. The molecule has 0 unspecified atom stereocenters. The van der Waals surface area contributed by atoms with Crippen LogP contribution in [0.3, 0.4) is 0 Å². The van der Waals surface area contributed by atoms with E-state index >= 15 is 0 Å². The summed E-state index contributed by atoms with van der Waals surface area (Å²) < 4.78 is 12.5. The Morgan fingerprint density at radius 1 is 0.351 bits per heavy atom. The summed E-state index contributed by atoms with van der Waals surface area (Å²) in [5, 5.41) is 19.6. The van der Waals surface area contributed by atoms with Gasteiger partial charge in [-0.3, -0.25) is 0 Å². The molecular weight excluding hydrogens is 701 g/mol. The largest absolute Gasteiger partial charge is 0.491 e. The van der Waals surface area contributed by atoms with E-state index in [0.29, 0.717) is 11.5 Å². The average molecular weight is 743 g/mol. The standard InChI is InChI=1S/C53H42O4/c54-31-33-56-49-29-27-41(35-45(49)39-19-9-3-10-20-39)53(42-28-30-50(57-34-32-55)46(36-42)40-21-11-4-12-22-40)47-25-13-23-43(37-15-5-1-6-16-37)51(47)52-44(24-14-26-48(52)53)38-17-7-2-8-18-38/h1-30,35-36,54-55H,31-34H2. The van der Waals surface area contributed by atoms with E-state index < -0.39 is 5.41 Å². The fourth-order valence-corrected chi connectivity index (χ4v) is 8.69. The Kier molecular flexibility index (Phi) is 9.96. The second-order valence-corrected chi connectivity index (χ2v) is 14.2. The van der Waals surface area contributed by atoms with Gasteiger partial charge in [-0.1, -0.05) is 170 Å². The van der Waals surface area contributed by atoms with Gasteiger partial charge in [-0.25, -0.2) is 0 Å². The van der Waals surface area contributed by atoms with Crippen LogP contribution in [0.4, 0.5) is 0 Å². The van der Waals surface area contributed by atoms with Crippen LogP contribution in [0.5, 0.6) is 11.5 Å². The van der Waals surface area contributed by atoms with Gasteiger partial charge in [0.2, 0.25) is 0 Å². The summed E-state index contributed by atoms with van der Waals surface area (Å²) in [5.74, 6) is 1.42. The predicted molar refractivity (Wildman–Crippen MR) is 231 cm³/mol. The van der Waals surface area contributed by atoms with Crippen molar-refractivity contribution in [2.75, 3.05) is 26.4 Å². The summed E-state index contributed by atoms with van der Waals surface area (Å²) in [4.78, 5) is 0. The van der Waals surface area contributed by atoms with E-state index in [1.807, 2.05) is 36.4 Å². The highest BCUT2D eigenvalue weighted by Gasteiger charge is 2.48. The topological polar surface area (TPSA) is 58.9 Å². The third-order valence-corrected chi connectivity index (χ3v) is 11.0. The van der Waals surface area contributed by atoms with E-state index in [4.69, 9.17) is 9.47 Å². The molecule has 0 spiro atoms. The Hall–Kier alpha value is -6.72. The molecule has 8 aromatic rings. The minimum Gasteiger partial charge on any atom is -0.491 e. The normalized spacial score (nSPS) is 12.5. The van der Waals surface area contributed by atoms with Gasteiger partial charge >= 0.3 is 0 Å². The Balaban J connectivity index is 1.44. The Morgan fingerprint density at radius 2 is 0.702 bits per heavy atom. The van der Waals surface area contributed by atoms with Crippen LogP contribution < -0.4 is 9.47 Å². The highest BCUT2D eigenvalue weighted by atomic mass is 16.5. The lowest BCUT2D eigenvalue weighted by Gasteiger charge is -2.35. The molecule has 8 aromatic carbocycles. The Labute approximate surface area is 333 Å². The van der Waals surface area contributed by atoms with E-state index in [1.54, 1.807) is 0 Å². The number of aliphatic hydroxyl groups excluding tert-OH is 2. The molecule has 0 aliphatic heterocycles. The highest BCUT2D eigenvalue weighted by molar-refractivity contribution is 6.02. The molecule has 0 amide bonds. The highest BCUT2D eigenvalue weighted by Crippen LogP contribution is 2.61. The average Bonchev–Trinajstić information content (AvgIpc) is 3.60. The van der Waals surface area contributed by atoms with E-state index in [1.165, 1.54) is 22.3 Å². The molecule has 0 radical (unpaired) electrons. The molecule has 0 saturated carbocycles. The first-order valence-electron chi connectivity index (χ1n) is 19.5. The van der Waals surface area contributed by atoms with Crippen LogP contribution in [0.15, 0.2) is 194 Å². The van der Waals surface area contributed by atoms with E-state index in [-0.39, 0.29) is 26.4 Å². The molecule has 57 heavy (non-hydrogen) atoms. The summed E-state index contributed by atoms with van der Waals surface area (Å²) in [6.07, 6.45) is 0. The molecule has 0 bridgehead atoms. The van der Waals surface area contributed by atoms with Crippen LogP contribution in [0, 0.1) is 0 Å². The smallest absolute Gasteiger partial charge is 0.127 e. The zero-order valence-electron chi connectivity index (χ0n) is 31.5. The minimum atomic E-state index is -0.807. The van der Waals surface area contributed by atoms with Crippen molar-refractivity contribution in [2.45, 2.75) is 5.41 Å². The summed E-state index contributed by atoms with van der Waals surface area (Å²) in [5.41, 5.74) is 14.7. The second-order valence-electron chi connectivity index (χ2n) is 14.2. The van der Waals surface area contributed by atoms with Crippen LogP contribution in [0.2, 0.25) is 0 Å². The van der Waals surface area contributed by atoms with E-state index in [9.17, 15) is 10.2 Å². The molecule has 1 aliphatic carbocycles. The van der Waals surface area contributed by atoms with E-state index in [0.717, 1.165) is 55.6 Å². The number of aliphatic hydroxyl groups is 2. The van der Waals surface area contributed by atoms with Gasteiger partial charge in [0.25, 0.3) is 0 Å².